The van der Waals surface area contributed by atoms with Crippen LogP contribution in [0.25, 0.3) is 10.8 Å². The number of carbonyl (C=O) groups excluding carboxylic acids is 2. The molecule has 0 unspecified atom stereocenters. The fraction of sp³-hybridized carbons (Fsp3) is 0.400. The van der Waals surface area contributed by atoms with Crippen molar-refractivity contribution >= 4 is 22.6 Å². The van der Waals surface area contributed by atoms with E-state index in [0.717, 1.165) is 23.6 Å². The Morgan fingerprint density at radius 2 is 1.64 bits per heavy atom. The van der Waals surface area contributed by atoms with Gasteiger partial charge in [0.2, 0.25) is 0 Å². The van der Waals surface area contributed by atoms with Crippen LogP contribution in [0.15, 0.2) is 42.5 Å². The van der Waals surface area contributed by atoms with Gasteiger partial charge in [-0.05, 0) is 35.7 Å². The topological polar surface area (TPSA) is 49.9 Å². The molecule has 2 heterocycles. The number of fused-ring (bicyclic) bond motifs is 1. The molecule has 2 aromatic rings. The van der Waals surface area contributed by atoms with Crippen molar-refractivity contribution in [1.29, 1.82) is 0 Å². The Hall–Kier alpha value is -2.40. The number of piperazine rings is 1. The Labute approximate surface area is 147 Å². The Morgan fingerprint density at radius 3 is 2.36 bits per heavy atom. The highest BCUT2D eigenvalue weighted by molar-refractivity contribution is 5.98. The molecular weight excluding hydrogens is 316 g/mol. The molecule has 0 aliphatic carbocycles. The normalized spacial score (nSPS) is 20.9. The maximum atomic E-state index is 12.8. The van der Waals surface area contributed by atoms with Gasteiger partial charge in [-0.25, -0.2) is 0 Å². The minimum absolute atomic E-state index is 0.0370. The van der Waals surface area contributed by atoms with Crippen molar-refractivity contribution in [3.8, 4) is 0 Å². The van der Waals surface area contributed by atoms with Gasteiger partial charge in [0.05, 0.1) is 0 Å². The molecule has 5 nitrogen and oxygen atoms in total. The van der Waals surface area contributed by atoms with E-state index in [1.54, 1.807) is 0 Å². The fourth-order valence-corrected chi connectivity index (χ4v) is 3.61. The van der Waals surface area contributed by atoms with E-state index >= 15 is 0 Å². The molecule has 0 N–H and O–H groups in total. The van der Waals surface area contributed by atoms with E-state index < -0.39 is 0 Å². The first-order valence-corrected chi connectivity index (χ1v) is 8.91. The van der Waals surface area contributed by atoms with Gasteiger partial charge >= 0.3 is 0 Å². The van der Waals surface area contributed by atoms with Gasteiger partial charge in [-0.3, -0.25) is 9.59 Å². The number of benzene rings is 2. The summed E-state index contributed by atoms with van der Waals surface area (Å²) in [6, 6.07) is 13.8. The summed E-state index contributed by atoms with van der Waals surface area (Å²) < 4.78 is 5.48. The zero-order valence-electron chi connectivity index (χ0n) is 14.2. The minimum Gasteiger partial charge on any atom is -0.368 e. The van der Waals surface area contributed by atoms with Gasteiger partial charge in [-0.15, -0.1) is 0 Å². The first-order chi connectivity index (χ1) is 12.2. The molecule has 4 rings (SSSR count). The molecule has 130 valence electrons. The summed E-state index contributed by atoms with van der Waals surface area (Å²) in [4.78, 5) is 28.8. The van der Waals surface area contributed by atoms with Crippen LogP contribution in [0, 0.1) is 0 Å². The summed E-state index contributed by atoms with van der Waals surface area (Å²) in [5, 5.41) is 2.20. The van der Waals surface area contributed by atoms with Crippen LogP contribution in [0.4, 0.5) is 0 Å². The zero-order chi connectivity index (χ0) is 17.2. The number of nitrogens with zero attached hydrogens (tertiary/aromatic N) is 2. The standard InChI is InChI=1S/C20H22N2O3/c23-19(17-8-7-15-4-1-2-5-16(15)14-17)21-9-11-22(12-10-21)20(24)18-6-3-13-25-18/h1-2,4-5,7-8,14,18H,3,6,9-13H2/t18-/m1/s1. The summed E-state index contributed by atoms with van der Waals surface area (Å²) >= 11 is 0. The Kier molecular flexibility index (Phi) is 4.40. The van der Waals surface area contributed by atoms with E-state index in [-0.39, 0.29) is 17.9 Å². The molecule has 2 amide bonds. The zero-order valence-corrected chi connectivity index (χ0v) is 14.2. The van der Waals surface area contributed by atoms with Crippen molar-refractivity contribution in [2.45, 2.75) is 18.9 Å². The van der Waals surface area contributed by atoms with E-state index in [9.17, 15) is 9.59 Å². The minimum atomic E-state index is -0.275. The van der Waals surface area contributed by atoms with Crippen molar-refractivity contribution in [2.24, 2.45) is 0 Å². The van der Waals surface area contributed by atoms with Crippen LogP contribution < -0.4 is 0 Å². The smallest absolute Gasteiger partial charge is 0.253 e. The van der Waals surface area contributed by atoms with E-state index in [1.807, 2.05) is 52.3 Å². The van der Waals surface area contributed by atoms with Crippen molar-refractivity contribution in [3.05, 3.63) is 48.0 Å². The largest absolute Gasteiger partial charge is 0.368 e. The molecule has 0 radical (unpaired) electrons. The van der Waals surface area contributed by atoms with E-state index in [4.69, 9.17) is 4.74 Å². The fourth-order valence-electron chi connectivity index (χ4n) is 3.61. The molecule has 1 atom stereocenters. The average molecular weight is 338 g/mol. The third-order valence-corrected chi connectivity index (χ3v) is 5.08. The van der Waals surface area contributed by atoms with Crippen molar-refractivity contribution < 1.29 is 14.3 Å². The van der Waals surface area contributed by atoms with Gasteiger partial charge < -0.3 is 14.5 Å². The van der Waals surface area contributed by atoms with Gasteiger partial charge in [0.25, 0.3) is 11.8 Å². The first kappa shape index (κ1) is 16.1. The predicted octanol–water partition coefficient (Wildman–Crippen LogP) is 2.30. The summed E-state index contributed by atoms with van der Waals surface area (Å²) in [6.07, 6.45) is 1.49. The summed E-state index contributed by atoms with van der Waals surface area (Å²) in [5.74, 6) is 0.116. The van der Waals surface area contributed by atoms with Crippen molar-refractivity contribution in [2.75, 3.05) is 32.8 Å². The monoisotopic (exact) mass is 338 g/mol. The predicted molar refractivity (Wildman–Crippen MR) is 95.4 cm³/mol. The third-order valence-electron chi connectivity index (χ3n) is 5.08. The third kappa shape index (κ3) is 3.24. The van der Waals surface area contributed by atoms with E-state index in [1.165, 1.54) is 0 Å². The van der Waals surface area contributed by atoms with Crippen LogP contribution in [0.1, 0.15) is 23.2 Å². The molecule has 0 bridgehead atoms. The summed E-state index contributed by atoms with van der Waals surface area (Å²) in [6.45, 7) is 2.99. The number of hydrogen-bond acceptors (Lipinski definition) is 3. The van der Waals surface area contributed by atoms with Gasteiger partial charge in [0.15, 0.2) is 0 Å². The van der Waals surface area contributed by atoms with Crippen LogP contribution in [0.5, 0.6) is 0 Å². The van der Waals surface area contributed by atoms with Crippen molar-refractivity contribution in [3.63, 3.8) is 0 Å². The number of amides is 2. The van der Waals surface area contributed by atoms with E-state index in [2.05, 4.69) is 0 Å². The SMILES string of the molecule is O=C(c1ccc2ccccc2c1)N1CCN(C(=O)[C@H]2CCCO2)CC1. The first-order valence-electron chi connectivity index (χ1n) is 8.91. The van der Waals surface area contributed by atoms with Crippen LogP contribution >= 0.6 is 0 Å². The Morgan fingerprint density at radius 1 is 0.920 bits per heavy atom. The molecule has 2 aliphatic heterocycles. The van der Waals surface area contributed by atoms with Crippen LogP contribution in [-0.4, -0.2) is 60.5 Å². The Balaban J connectivity index is 1.41. The van der Waals surface area contributed by atoms with Crippen LogP contribution in [0.2, 0.25) is 0 Å². The second-order valence-corrected chi connectivity index (χ2v) is 6.68. The molecule has 5 heteroatoms. The Bertz CT molecular complexity index is 790. The summed E-state index contributed by atoms with van der Waals surface area (Å²) in [7, 11) is 0. The van der Waals surface area contributed by atoms with Crippen LogP contribution in [-0.2, 0) is 9.53 Å². The second kappa shape index (κ2) is 6.84. The average Bonchev–Trinajstić information content (AvgIpc) is 3.21. The lowest BCUT2D eigenvalue weighted by Gasteiger charge is -2.35. The highest BCUT2D eigenvalue weighted by atomic mass is 16.5. The molecule has 0 spiro atoms. The molecule has 2 saturated heterocycles. The maximum absolute atomic E-state index is 12.8. The highest BCUT2D eigenvalue weighted by Gasteiger charge is 2.31. The molecule has 0 aromatic heterocycles. The lowest BCUT2D eigenvalue weighted by atomic mass is 10.1. The number of rotatable bonds is 2. The number of ether oxygens (including phenoxy) is 1. The number of carbonyl (C=O) groups is 2. The summed E-state index contributed by atoms with van der Waals surface area (Å²) in [5.41, 5.74) is 0.706. The van der Waals surface area contributed by atoms with Gasteiger partial charge in [-0.1, -0.05) is 30.3 Å². The lowest BCUT2D eigenvalue weighted by Crippen LogP contribution is -2.52. The number of hydrogen-bond donors (Lipinski definition) is 0. The molecule has 0 saturated carbocycles. The van der Waals surface area contributed by atoms with Crippen LogP contribution in [0.3, 0.4) is 0 Å². The van der Waals surface area contributed by atoms with Crippen molar-refractivity contribution in [1.82, 2.24) is 9.80 Å². The molecule has 2 aromatic carbocycles. The van der Waals surface area contributed by atoms with Gasteiger partial charge in [-0.2, -0.15) is 0 Å². The lowest BCUT2D eigenvalue weighted by molar-refractivity contribution is -0.142. The van der Waals surface area contributed by atoms with Gasteiger partial charge in [0.1, 0.15) is 6.10 Å². The molecular formula is C20H22N2O3. The second-order valence-electron chi connectivity index (χ2n) is 6.68. The van der Waals surface area contributed by atoms with E-state index in [0.29, 0.717) is 38.3 Å². The molecule has 25 heavy (non-hydrogen) atoms. The molecule has 2 aliphatic rings. The van der Waals surface area contributed by atoms with Gasteiger partial charge in [0, 0.05) is 38.3 Å². The highest BCUT2D eigenvalue weighted by Crippen LogP contribution is 2.19. The maximum Gasteiger partial charge on any atom is 0.253 e. The molecule has 2 fully saturated rings. The quantitative estimate of drug-likeness (QED) is 0.844.